The Hall–Kier alpha value is -1.75. The fourth-order valence-corrected chi connectivity index (χ4v) is 3.73. The fourth-order valence-electron chi connectivity index (χ4n) is 3.44. The van der Waals surface area contributed by atoms with E-state index in [-0.39, 0.29) is 18.0 Å². The third-order valence-corrected chi connectivity index (χ3v) is 5.22. The number of halogens is 1. The molecule has 0 unspecified atom stereocenters. The Morgan fingerprint density at radius 3 is 2.79 bits per heavy atom. The molecule has 3 rings (SSSR count). The largest absolute Gasteiger partial charge is 0.343 e. The number of carbonyl (C=O) groups is 2. The first-order chi connectivity index (χ1) is 11.6. The van der Waals surface area contributed by atoms with Crippen LogP contribution < -0.4 is 10.6 Å². The second kappa shape index (κ2) is 7.88. The highest BCUT2D eigenvalue weighted by molar-refractivity contribution is 6.31. The van der Waals surface area contributed by atoms with E-state index in [4.69, 9.17) is 11.6 Å². The zero-order valence-corrected chi connectivity index (χ0v) is 14.5. The summed E-state index contributed by atoms with van der Waals surface area (Å²) in [7, 11) is 0. The van der Waals surface area contributed by atoms with E-state index in [9.17, 15) is 9.59 Å². The summed E-state index contributed by atoms with van der Waals surface area (Å²) in [6, 6.07) is 8.00. The van der Waals surface area contributed by atoms with Gasteiger partial charge in [-0.2, -0.15) is 0 Å². The Morgan fingerprint density at radius 2 is 2.08 bits per heavy atom. The number of urea groups is 1. The van der Waals surface area contributed by atoms with E-state index < -0.39 is 0 Å². The second-order valence-electron chi connectivity index (χ2n) is 6.62. The fraction of sp³-hybridized carbons (Fsp3) is 0.556. The molecule has 1 aliphatic carbocycles. The van der Waals surface area contributed by atoms with E-state index in [0.717, 1.165) is 43.8 Å². The van der Waals surface area contributed by atoms with Crippen LogP contribution in [0.2, 0.25) is 5.02 Å². The van der Waals surface area contributed by atoms with Crippen molar-refractivity contribution in [1.29, 1.82) is 0 Å². The Morgan fingerprint density at radius 1 is 1.29 bits per heavy atom. The summed E-state index contributed by atoms with van der Waals surface area (Å²) in [5.74, 6) is 0.671. The first-order valence-corrected chi connectivity index (χ1v) is 9.08. The van der Waals surface area contributed by atoms with E-state index in [1.807, 2.05) is 23.1 Å². The Balaban J connectivity index is 1.30. The number of carbonyl (C=O) groups excluding carboxylic acids is 2. The van der Waals surface area contributed by atoms with E-state index >= 15 is 0 Å². The van der Waals surface area contributed by atoms with Gasteiger partial charge >= 0.3 is 6.03 Å². The Bertz CT molecular complexity index is 602. The van der Waals surface area contributed by atoms with Crippen LogP contribution in [0.15, 0.2) is 24.3 Å². The van der Waals surface area contributed by atoms with Crippen LogP contribution in [0.5, 0.6) is 0 Å². The molecular weight excluding hydrogens is 326 g/mol. The van der Waals surface area contributed by atoms with Gasteiger partial charge in [-0.05, 0) is 43.2 Å². The molecule has 1 aromatic rings. The lowest BCUT2D eigenvalue weighted by Gasteiger charge is -2.36. The first kappa shape index (κ1) is 17.1. The van der Waals surface area contributed by atoms with Crippen LogP contribution in [-0.4, -0.2) is 42.5 Å². The van der Waals surface area contributed by atoms with Gasteiger partial charge in [-0.15, -0.1) is 0 Å². The van der Waals surface area contributed by atoms with E-state index in [1.54, 1.807) is 0 Å². The van der Waals surface area contributed by atoms with Crippen LogP contribution in [0.1, 0.15) is 43.6 Å². The van der Waals surface area contributed by atoms with Crippen molar-refractivity contribution >= 4 is 23.5 Å². The molecule has 2 aliphatic rings. The summed E-state index contributed by atoms with van der Waals surface area (Å²) in [5, 5.41) is 6.68. The highest BCUT2D eigenvalue weighted by atomic mass is 35.5. The highest BCUT2D eigenvalue weighted by Gasteiger charge is 2.32. The molecular formula is C18H24ClN3O2. The lowest BCUT2D eigenvalue weighted by atomic mass is 9.76. The molecule has 1 aliphatic heterocycles. The van der Waals surface area contributed by atoms with Gasteiger partial charge < -0.3 is 15.5 Å². The van der Waals surface area contributed by atoms with Crippen molar-refractivity contribution in [2.24, 2.45) is 0 Å². The van der Waals surface area contributed by atoms with Gasteiger partial charge in [0.1, 0.15) is 0 Å². The molecule has 0 atom stereocenters. The van der Waals surface area contributed by atoms with Gasteiger partial charge in [0, 0.05) is 37.1 Å². The number of hydrogen-bond donors (Lipinski definition) is 2. The smallest absolute Gasteiger partial charge is 0.315 e. The molecule has 2 fully saturated rings. The summed E-state index contributed by atoms with van der Waals surface area (Å²) in [4.78, 5) is 25.2. The zero-order chi connectivity index (χ0) is 16.9. The summed E-state index contributed by atoms with van der Waals surface area (Å²) in [6.45, 7) is 2.18. The SMILES string of the molecule is O=C(NCCCN1CCCC1=O)NC1CC(c2ccccc2Cl)C1. The molecule has 1 saturated heterocycles. The maximum absolute atomic E-state index is 11.9. The highest BCUT2D eigenvalue weighted by Crippen LogP contribution is 2.39. The molecule has 2 N–H and O–H groups in total. The van der Waals surface area contributed by atoms with Crippen LogP contribution in [-0.2, 0) is 4.79 Å². The summed E-state index contributed by atoms with van der Waals surface area (Å²) >= 11 is 6.21. The molecule has 1 aromatic carbocycles. The molecule has 0 aromatic heterocycles. The zero-order valence-electron chi connectivity index (χ0n) is 13.8. The third-order valence-electron chi connectivity index (χ3n) is 4.88. The molecule has 5 nitrogen and oxygen atoms in total. The summed E-state index contributed by atoms with van der Waals surface area (Å²) in [6.07, 6.45) is 4.29. The molecule has 6 heteroatoms. The van der Waals surface area contributed by atoms with Crippen molar-refractivity contribution in [2.75, 3.05) is 19.6 Å². The lowest BCUT2D eigenvalue weighted by molar-refractivity contribution is -0.127. The number of nitrogens with one attached hydrogen (secondary N) is 2. The van der Waals surface area contributed by atoms with Gasteiger partial charge in [0.15, 0.2) is 0 Å². The molecule has 130 valence electrons. The molecule has 1 heterocycles. The van der Waals surface area contributed by atoms with Crippen LogP contribution in [0.4, 0.5) is 4.79 Å². The molecule has 0 radical (unpaired) electrons. The van der Waals surface area contributed by atoms with Crippen molar-refractivity contribution in [3.05, 3.63) is 34.9 Å². The molecule has 3 amide bonds. The van der Waals surface area contributed by atoms with Gasteiger partial charge in [0.25, 0.3) is 0 Å². The third kappa shape index (κ3) is 4.20. The number of amides is 3. The molecule has 0 spiro atoms. The normalized spacial score (nSPS) is 23.0. The van der Waals surface area contributed by atoms with Crippen molar-refractivity contribution in [3.63, 3.8) is 0 Å². The topological polar surface area (TPSA) is 61.4 Å². The molecule has 1 saturated carbocycles. The minimum absolute atomic E-state index is 0.120. The predicted molar refractivity (Wildman–Crippen MR) is 94.2 cm³/mol. The Kier molecular flexibility index (Phi) is 5.61. The second-order valence-corrected chi connectivity index (χ2v) is 7.03. The minimum Gasteiger partial charge on any atom is -0.343 e. The Labute approximate surface area is 147 Å². The van der Waals surface area contributed by atoms with Crippen LogP contribution in [0, 0.1) is 0 Å². The van der Waals surface area contributed by atoms with Gasteiger partial charge in [-0.3, -0.25) is 4.79 Å². The summed E-state index contributed by atoms with van der Waals surface area (Å²) in [5.41, 5.74) is 1.17. The molecule has 24 heavy (non-hydrogen) atoms. The number of nitrogens with zero attached hydrogens (tertiary/aromatic N) is 1. The van der Waals surface area contributed by atoms with Gasteiger partial charge in [0.05, 0.1) is 0 Å². The van der Waals surface area contributed by atoms with Crippen molar-refractivity contribution in [2.45, 2.75) is 44.1 Å². The van der Waals surface area contributed by atoms with Gasteiger partial charge in [-0.1, -0.05) is 29.8 Å². The predicted octanol–water partition coefficient (Wildman–Crippen LogP) is 2.90. The average Bonchev–Trinajstić information content (AvgIpc) is 2.93. The van der Waals surface area contributed by atoms with Gasteiger partial charge in [-0.25, -0.2) is 4.79 Å². The number of rotatable bonds is 6. The number of likely N-dealkylation sites (tertiary alicyclic amines) is 1. The minimum atomic E-state index is -0.120. The first-order valence-electron chi connectivity index (χ1n) is 8.70. The number of benzene rings is 1. The van der Waals surface area contributed by atoms with Crippen molar-refractivity contribution in [3.8, 4) is 0 Å². The van der Waals surface area contributed by atoms with Crippen LogP contribution in [0.25, 0.3) is 0 Å². The van der Waals surface area contributed by atoms with Gasteiger partial charge in [0.2, 0.25) is 5.91 Å². The average molecular weight is 350 g/mol. The quantitative estimate of drug-likeness (QED) is 0.776. The standard InChI is InChI=1S/C18H24ClN3O2/c19-16-6-2-1-5-15(16)13-11-14(12-13)21-18(24)20-8-4-10-22-9-3-7-17(22)23/h1-2,5-6,13-14H,3-4,7-12H2,(H2,20,21,24). The molecule has 0 bridgehead atoms. The maximum Gasteiger partial charge on any atom is 0.315 e. The van der Waals surface area contributed by atoms with E-state index in [2.05, 4.69) is 16.7 Å². The summed E-state index contributed by atoms with van der Waals surface area (Å²) < 4.78 is 0. The van der Waals surface area contributed by atoms with Crippen molar-refractivity contribution in [1.82, 2.24) is 15.5 Å². The van der Waals surface area contributed by atoms with Crippen molar-refractivity contribution < 1.29 is 9.59 Å². The van der Waals surface area contributed by atoms with Crippen LogP contribution in [0.3, 0.4) is 0 Å². The monoisotopic (exact) mass is 349 g/mol. The lowest BCUT2D eigenvalue weighted by Crippen LogP contribution is -2.48. The van der Waals surface area contributed by atoms with E-state index in [1.165, 1.54) is 5.56 Å². The maximum atomic E-state index is 11.9. The van der Waals surface area contributed by atoms with Crippen LogP contribution >= 0.6 is 11.6 Å². The van der Waals surface area contributed by atoms with E-state index in [0.29, 0.717) is 18.9 Å². The number of hydrogen-bond acceptors (Lipinski definition) is 2.